The number of hydrogen-bond donors (Lipinski definition) is 4. The van der Waals surface area contributed by atoms with Crippen molar-refractivity contribution >= 4 is 18.2 Å². The van der Waals surface area contributed by atoms with Crippen LogP contribution < -0.4 is 0 Å². The summed E-state index contributed by atoms with van der Waals surface area (Å²) in [5, 5.41) is 45.0. The molecule has 0 aromatic heterocycles. The minimum Gasteiger partial charge on any atom is -0.462 e. The lowest BCUT2D eigenvalue weighted by atomic mass is 9.41. The largest absolute Gasteiger partial charge is 0.462 e. The van der Waals surface area contributed by atoms with Crippen LogP contribution in [0.15, 0.2) is 11.6 Å². The molecule has 5 fully saturated rings. The number of esters is 2. The first kappa shape index (κ1) is 30.1. The Morgan fingerprint density at radius 3 is 2.48 bits per heavy atom. The summed E-state index contributed by atoms with van der Waals surface area (Å²) >= 11 is 0. The van der Waals surface area contributed by atoms with Crippen molar-refractivity contribution in [3.8, 4) is 0 Å². The zero-order valence-electron chi connectivity index (χ0n) is 24.6. The molecule has 6 rings (SSSR count). The van der Waals surface area contributed by atoms with Crippen LogP contribution in [0.25, 0.3) is 0 Å². The van der Waals surface area contributed by atoms with E-state index >= 15 is 0 Å². The van der Waals surface area contributed by atoms with Gasteiger partial charge in [0.2, 0.25) is 0 Å². The van der Waals surface area contributed by atoms with Crippen LogP contribution in [0.1, 0.15) is 78.6 Å². The second kappa shape index (κ2) is 10.3. The topological polar surface area (TPSA) is 169 Å². The highest BCUT2D eigenvalue weighted by molar-refractivity contribution is 5.85. The van der Waals surface area contributed by atoms with Crippen LogP contribution in [0.2, 0.25) is 0 Å². The Balaban J connectivity index is 1.26. The second-order valence-corrected chi connectivity index (χ2v) is 14.0. The average molecular weight is 593 g/mol. The van der Waals surface area contributed by atoms with Gasteiger partial charge >= 0.3 is 11.9 Å². The van der Waals surface area contributed by atoms with Crippen LogP contribution in [0.4, 0.5) is 0 Å². The van der Waals surface area contributed by atoms with Gasteiger partial charge in [-0.15, -0.1) is 0 Å². The number of fused-ring (bicyclic) bond motifs is 5. The lowest BCUT2D eigenvalue weighted by molar-refractivity contribution is -0.286. The highest BCUT2D eigenvalue weighted by Gasteiger charge is 2.73. The van der Waals surface area contributed by atoms with Crippen molar-refractivity contribution in [1.82, 2.24) is 0 Å². The van der Waals surface area contributed by atoms with Crippen LogP contribution in [0.5, 0.6) is 0 Å². The molecule has 0 spiro atoms. The Morgan fingerprint density at radius 2 is 1.83 bits per heavy atom. The zero-order valence-corrected chi connectivity index (χ0v) is 24.6. The summed E-state index contributed by atoms with van der Waals surface area (Å²) in [6.45, 7) is 5.10. The van der Waals surface area contributed by atoms with E-state index in [1.165, 1.54) is 13.0 Å². The molecular weight excluding hydrogens is 548 g/mol. The van der Waals surface area contributed by atoms with Crippen LogP contribution in [-0.4, -0.2) is 93.3 Å². The highest BCUT2D eigenvalue weighted by Crippen LogP contribution is 2.70. The molecule has 13 atom stereocenters. The van der Waals surface area contributed by atoms with Crippen molar-refractivity contribution in [1.29, 1.82) is 0 Å². The molecule has 6 aliphatic rings. The third-order valence-electron chi connectivity index (χ3n) is 12.1. The van der Waals surface area contributed by atoms with Crippen LogP contribution in [0, 0.1) is 28.6 Å². The van der Waals surface area contributed by atoms with Crippen LogP contribution >= 0.6 is 0 Å². The van der Waals surface area contributed by atoms with Gasteiger partial charge in [0.05, 0.1) is 34.9 Å². The number of aliphatic hydroxyl groups is 4. The van der Waals surface area contributed by atoms with E-state index in [1.54, 1.807) is 6.92 Å². The summed E-state index contributed by atoms with van der Waals surface area (Å²) in [5.41, 5.74) is -3.72. The Bertz CT molecular complexity index is 1140. The number of cyclic esters (lactones) is 1. The van der Waals surface area contributed by atoms with Gasteiger partial charge in [0, 0.05) is 43.6 Å². The molecule has 42 heavy (non-hydrogen) atoms. The smallest absolute Gasteiger partial charge is 0.331 e. The number of hydrogen-bond acceptors (Lipinski definition) is 11. The zero-order chi connectivity index (χ0) is 30.2. The van der Waals surface area contributed by atoms with E-state index in [4.69, 9.17) is 18.9 Å². The Morgan fingerprint density at radius 1 is 1.10 bits per heavy atom. The van der Waals surface area contributed by atoms with Gasteiger partial charge < -0.3 is 44.2 Å². The fourth-order valence-electron chi connectivity index (χ4n) is 10.1. The number of ether oxygens (including phenoxy) is 4. The number of carbonyl (C=O) groups is 3. The molecule has 0 amide bonds. The average Bonchev–Trinajstić information content (AvgIpc) is 3.43. The molecule has 0 aromatic rings. The fraction of sp³-hybridized carbons (Fsp3) is 0.839. The Kier molecular flexibility index (Phi) is 7.42. The molecule has 234 valence electrons. The normalized spacial score (nSPS) is 51.9. The van der Waals surface area contributed by atoms with Gasteiger partial charge in [0.15, 0.2) is 6.29 Å². The summed E-state index contributed by atoms with van der Waals surface area (Å²) in [5.74, 6) is -1.91. The fourth-order valence-corrected chi connectivity index (χ4v) is 10.1. The van der Waals surface area contributed by atoms with Gasteiger partial charge in [-0.1, -0.05) is 6.92 Å². The van der Waals surface area contributed by atoms with E-state index in [-0.39, 0.29) is 37.7 Å². The quantitative estimate of drug-likeness (QED) is 0.206. The van der Waals surface area contributed by atoms with Crippen molar-refractivity contribution in [2.24, 2.45) is 28.6 Å². The van der Waals surface area contributed by atoms with Crippen LogP contribution in [0.3, 0.4) is 0 Å². The Hall–Kier alpha value is -1.89. The molecule has 4 N–H and O–H groups in total. The summed E-state index contributed by atoms with van der Waals surface area (Å²) in [7, 11) is 0. The number of aliphatic hydroxyl groups excluding tert-OH is 2. The van der Waals surface area contributed by atoms with Gasteiger partial charge in [0.1, 0.15) is 25.1 Å². The van der Waals surface area contributed by atoms with E-state index in [0.29, 0.717) is 38.5 Å². The molecular formula is C31H44O11. The van der Waals surface area contributed by atoms with E-state index in [0.717, 1.165) is 11.9 Å². The van der Waals surface area contributed by atoms with Crippen LogP contribution in [-0.2, 0) is 33.3 Å². The molecule has 4 saturated carbocycles. The van der Waals surface area contributed by atoms with Crippen molar-refractivity contribution in [2.75, 3.05) is 6.61 Å². The summed E-state index contributed by atoms with van der Waals surface area (Å²) < 4.78 is 22.9. The minimum absolute atomic E-state index is 0.0971. The lowest BCUT2D eigenvalue weighted by Gasteiger charge is -2.65. The van der Waals surface area contributed by atoms with Crippen molar-refractivity contribution in [3.05, 3.63) is 11.6 Å². The van der Waals surface area contributed by atoms with Crippen molar-refractivity contribution in [2.45, 2.75) is 127 Å². The SMILES string of the molecule is CC(=O)O[C@H]1C[C@]2(O)[C@@H]3CC[C@]4(O)C[C@H](O[C@H]5C[C@H](O)[C@H](O)[C@H](C)O5)CC[C@]4(C=O)[C@@H]3CC[C@]2(C)[C@H]1C1=CC(=O)OC1. The van der Waals surface area contributed by atoms with E-state index in [2.05, 4.69) is 0 Å². The standard InChI is InChI=1S/C31H44O11/c1-16-27(36)22(34)11-25(40-16)42-19-4-8-29(15-32)20-5-7-28(3)26(18-10-24(35)39-14-18)23(41-17(2)33)13-31(28,38)21(20)6-9-30(29,37)12-19/h10,15-16,19-23,25-27,34,36-38H,4-9,11-14H2,1-3H3/t16-,19+,20+,21+,22-,23-,25-,26-,27+,28+,29-,30-,31-/m0/s1. The molecule has 2 heterocycles. The predicted molar refractivity (Wildman–Crippen MR) is 144 cm³/mol. The van der Waals surface area contributed by atoms with Gasteiger partial charge in [-0.3, -0.25) is 4.79 Å². The number of aldehydes is 1. The Labute approximate surface area is 245 Å². The maximum atomic E-state index is 13.1. The highest BCUT2D eigenvalue weighted by atomic mass is 16.7. The van der Waals surface area contributed by atoms with Gasteiger partial charge in [-0.05, 0) is 62.9 Å². The molecule has 4 aliphatic carbocycles. The summed E-state index contributed by atoms with van der Waals surface area (Å²) in [4.78, 5) is 37.2. The first-order valence-electron chi connectivity index (χ1n) is 15.4. The predicted octanol–water partition coefficient (Wildman–Crippen LogP) is 1.32. The van der Waals surface area contributed by atoms with E-state index in [1.807, 2.05) is 6.92 Å². The molecule has 11 nitrogen and oxygen atoms in total. The first-order valence-corrected chi connectivity index (χ1v) is 15.4. The minimum atomic E-state index is -1.34. The van der Waals surface area contributed by atoms with Crippen molar-refractivity contribution < 1.29 is 53.8 Å². The maximum absolute atomic E-state index is 13.1. The molecule has 0 radical (unpaired) electrons. The second-order valence-electron chi connectivity index (χ2n) is 14.0. The first-order chi connectivity index (χ1) is 19.8. The van der Waals surface area contributed by atoms with E-state index < -0.39 is 76.7 Å². The molecule has 11 heteroatoms. The lowest BCUT2D eigenvalue weighted by Crippen LogP contribution is -2.69. The van der Waals surface area contributed by atoms with Crippen molar-refractivity contribution in [3.63, 3.8) is 0 Å². The third-order valence-corrected chi connectivity index (χ3v) is 12.1. The maximum Gasteiger partial charge on any atom is 0.331 e. The monoisotopic (exact) mass is 592 g/mol. The summed E-state index contributed by atoms with van der Waals surface area (Å²) in [6.07, 6.45) is 1.34. The molecule has 2 aliphatic heterocycles. The molecule has 0 unspecified atom stereocenters. The number of carbonyl (C=O) groups excluding carboxylic acids is 3. The molecule has 0 bridgehead atoms. The third kappa shape index (κ3) is 4.33. The molecule has 1 saturated heterocycles. The van der Waals surface area contributed by atoms with E-state index in [9.17, 15) is 34.8 Å². The van der Waals surface area contributed by atoms with Gasteiger partial charge in [0.25, 0.3) is 0 Å². The summed E-state index contributed by atoms with van der Waals surface area (Å²) in [6, 6.07) is 0. The van der Waals surface area contributed by atoms with Gasteiger partial charge in [-0.25, -0.2) is 4.79 Å². The van der Waals surface area contributed by atoms with Gasteiger partial charge in [-0.2, -0.15) is 0 Å². The number of rotatable bonds is 5. The molecule has 0 aromatic carbocycles.